The van der Waals surface area contributed by atoms with Crippen LogP contribution in [0.3, 0.4) is 0 Å². The van der Waals surface area contributed by atoms with E-state index >= 15 is 0 Å². The predicted octanol–water partition coefficient (Wildman–Crippen LogP) is 3.34. The van der Waals surface area contributed by atoms with Crippen molar-refractivity contribution in [2.24, 2.45) is 5.73 Å². The van der Waals surface area contributed by atoms with Crippen LogP contribution in [0.5, 0.6) is 11.6 Å². The van der Waals surface area contributed by atoms with Crippen molar-refractivity contribution >= 4 is 5.82 Å². The van der Waals surface area contributed by atoms with Gasteiger partial charge in [0.2, 0.25) is 5.88 Å². The zero-order valence-corrected chi connectivity index (χ0v) is 15.7. The molecular formula is C19H16F3N7O. The fourth-order valence-corrected chi connectivity index (χ4v) is 2.45. The molecule has 0 aliphatic carbocycles. The number of nitriles is 1. The van der Waals surface area contributed by atoms with E-state index in [0.29, 0.717) is 17.0 Å². The van der Waals surface area contributed by atoms with E-state index in [0.717, 1.165) is 5.56 Å². The molecule has 3 aromatic rings. The smallest absolute Gasteiger partial charge is 0.405 e. The van der Waals surface area contributed by atoms with Crippen LogP contribution >= 0.6 is 0 Å². The van der Waals surface area contributed by atoms with Crippen LogP contribution in [0.2, 0.25) is 0 Å². The van der Waals surface area contributed by atoms with E-state index in [1.807, 2.05) is 6.07 Å². The molecule has 8 nitrogen and oxygen atoms in total. The van der Waals surface area contributed by atoms with Crippen LogP contribution in [0.1, 0.15) is 17.0 Å². The molecule has 0 aliphatic rings. The van der Waals surface area contributed by atoms with Crippen molar-refractivity contribution in [1.29, 1.82) is 5.26 Å². The summed E-state index contributed by atoms with van der Waals surface area (Å²) >= 11 is 0. The molecule has 0 fully saturated rings. The van der Waals surface area contributed by atoms with E-state index in [1.54, 1.807) is 24.5 Å². The number of ether oxygens (including phenoxy) is 1. The highest BCUT2D eigenvalue weighted by Gasteiger charge is 2.27. The van der Waals surface area contributed by atoms with Gasteiger partial charge in [-0.3, -0.25) is 0 Å². The number of alkyl halides is 3. The average Bonchev–Trinajstić information content (AvgIpc) is 2.71. The first-order valence-electron chi connectivity index (χ1n) is 8.67. The van der Waals surface area contributed by atoms with E-state index in [4.69, 9.17) is 10.5 Å². The highest BCUT2D eigenvalue weighted by Crippen LogP contribution is 2.32. The summed E-state index contributed by atoms with van der Waals surface area (Å²) in [6.45, 7) is 0.553. The molecular weight excluding hydrogens is 399 g/mol. The normalized spacial score (nSPS) is 11.1. The Morgan fingerprint density at radius 1 is 1.17 bits per heavy atom. The summed E-state index contributed by atoms with van der Waals surface area (Å²) in [5.74, 6) is 0.708. The Morgan fingerprint density at radius 3 is 2.53 bits per heavy atom. The van der Waals surface area contributed by atoms with Crippen LogP contribution < -0.4 is 15.8 Å². The van der Waals surface area contributed by atoms with Crippen LogP contribution in [0, 0.1) is 18.3 Å². The highest BCUT2D eigenvalue weighted by atomic mass is 19.4. The molecule has 0 spiro atoms. The van der Waals surface area contributed by atoms with Gasteiger partial charge in [-0.05, 0) is 25.1 Å². The fraction of sp³-hybridized carbons (Fsp3) is 0.211. The topological polar surface area (TPSA) is 123 Å². The van der Waals surface area contributed by atoms with Crippen LogP contribution in [-0.4, -0.2) is 32.7 Å². The summed E-state index contributed by atoms with van der Waals surface area (Å²) < 4.78 is 43.2. The van der Waals surface area contributed by atoms with Gasteiger partial charge in [0, 0.05) is 30.6 Å². The van der Waals surface area contributed by atoms with Gasteiger partial charge in [-0.15, -0.1) is 0 Å². The molecule has 0 amide bonds. The Morgan fingerprint density at radius 2 is 1.90 bits per heavy atom. The van der Waals surface area contributed by atoms with Crippen molar-refractivity contribution in [2.45, 2.75) is 19.6 Å². The largest absolute Gasteiger partial charge is 0.438 e. The lowest BCUT2D eigenvalue weighted by atomic mass is 10.1. The number of hydrogen-bond donors (Lipinski definition) is 2. The highest BCUT2D eigenvalue weighted by molar-refractivity contribution is 5.66. The van der Waals surface area contributed by atoms with Gasteiger partial charge < -0.3 is 15.8 Å². The van der Waals surface area contributed by atoms with Crippen LogP contribution in [0.15, 0.2) is 36.7 Å². The second-order valence-electron chi connectivity index (χ2n) is 6.15. The Labute approximate surface area is 169 Å². The van der Waals surface area contributed by atoms with E-state index < -0.39 is 12.7 Å². The number of nitrogens with zero attached hydrogens (tertiary/aromatic N) is 5. The van der Waals surface area contributed by atoms with Gasteiger partial charge in [-0.25, -0.2) is 15.0 Å². The Balaban J connectivity index is 1.95. The quantitative estimate of drug-likeness (QED) is 0.628. The van der Waals surface area contributed by atoms with Crippen molar-refractivity contribution in [1.82, 2.24) is 19.9 Å². The minimum atomic E-state index is -4.40. The number of aromatic nitrogens is 4. The van der Waals surface area contributed by atoms with E-state index in [2.05, 4.69) is 25.3 Å². The van der Waals surface area contributed by atoms with E-state index in [1.165, 1.54) is 19.1 Å². The lowest BCUT2D eigenvalue weighted by molar-refractivity contribution is -0.115. The standard InChI is InChI=1S/C19H16F3N7O/c1-11-28-16(27-10-19(20,21)22)5-17(29-11)30-15-4-12(6-23)2-3-14(15)18-25-8-13(7-24)9-26-18/h2-5,8-9H,7,10,24H2,1H3,(H,27,28,29). The van der Waals surface area contributed by atoms with Crippen LogP contribution in [0.25, 0.3) is 11.4 Å². The summed E-state index contributed by atoms with van der Waals surface area (Å²) in [5, 5.41) is 11.4. The lowest BCUT2D eigenvalue weighted by Crippen LogP contribution is -2.22. The molecule has 1 aromatic carbocycles. The third-order valence-electron chi connectivity index (χ3n) is 3.79. The Bertz CT molecular complexity index is 1080. The monoisotopic (exact) mass is 415 g/mol. The van der Waals surface area contributed by atoms with E-state index in [9.17, 15) is 18.4 Å². The molecule has 3 N–H and O–H groups in total. The minimum absolute atomic E-state index is 0.00194. The van der Waals surface area contributed by atoms with Gasteiger partial charge in [-0.2, -0.15) is 23.4 Å². The second kappa shape index (κ2) is 8.71. The molecule has 0 aliphatic heterocycles. The summed E-state index contributed by atoms with van der Waals surface area (Å²) in [5.41, 5.74) is 7.08. The first-order chi connectivity index (χ1) is 14.3. The van der Waals surface area contributed by atoms with Crippen molar-refractivity contribution in [3.63, 3.8) is 0 Å². The van der Waals surface area contributed by atoms with Crippen molar-refractivity contribution < 1.29 is 17.9 Å². The third kappa shape index (κ3) is 5.39. The molecule has 3 rings (SSSR count). The molecule has 154 valence electrons. The van der Waals surface area contributed by atoms with Crippen molar-refractivity contribution in [2.75, 3.05) is 11.9 Å². The molecule has 0 saturated heterocycles. The maximum atomic E-state index is 12.5. The molecule has 0 bridgehead atoms. The molecule has 11 heteroatoms. The molecule has 0 radical (unpaired) electrons. The minimum Gasteiger partial charge on any atom is -0.438 e. The molecule has 30 heavy (non-hydrogen) atoms. The zero-order valence-electron chi connectivity index (χ0n) is 15.7. The van der Waals surface area contributed by atoms with Gasteiger partial charge in [0.15, 0.2) is 5.82 Å². The van der Waals surface area contributed by atoms with Gasteiger partial charge >= 0.3 is 6.18 Å². The number of halogens is 3. The Hall–Kier alpha value is -3.78. The van der Waals surface area contributed by atoms with Gasteiger partial charge in [0.05, 0.1) is 17.2 Å². The molecule has 0 saturated carbocycles. The average molecular weight is 415 g/mol. The number of rotatable bonds is 6. The van der Waals surface area contributed by atoms with Crippen LogP contribution in [-0.2, 0) is 6.54 Å². The van der Waals surface area contributed by atoms with Gasteiger partial charge in [0.25, 0.3) is 0 Å². The fourth-order valence-electron chi connectivity index (χ4n) is 2.45. The number of benzene rings is 1. The van der Waals surface area contributed by atoms with Crippen molar-refractivity contribution in [3.05, 3.63) is 53.6 Å². The summed E-state index contributed by atoms with van der Waals surface area (Å²) in [6.07, 6.45) is -1.27. The summed E-state index contributed by atoms with van der Waals surface area (Å²) in [4.78, 5) is 16.5. The lowest BCUT2D eigenvalue weighted by Gasteiger charge is -2.13. The number of nitrogens with one attached hydrogen (secondary N) is 1. The maximum absolute atomic E-state index is 12.5. The molecule has 2 aromatic heterocycles. The second-order valence-corrected chi connectivity index (χ2v) is 6.15. The van der Waals surface area contributed by atoms with Gasteiger partial charge in [-0.1, -0.05) is 0 Å². The Kier molecular flexibility index (Phi) is 6.08. The molecule has 2 heterocycles. The first-order valence-corrected chi connectivity index (χ1v) is 8.67. The molecule has 0 atom stereocenters. The number of nitrogens with two attached hydrogens (primary N) is 1. The maximum Gasteiger partial charge on any atom is 0.405 e. The predicted molar refractivity (Wildman–Crippen MR) is 101 cm³/mol. The molecule has 0 unspecified atom stereocenters. The summed E-state index contributed by atoms with van der Waals surface area (Å²) in [6, 6.07) is 7.89. The third-order valence-corrected chi connectivity index (χ3v) is 3.79. The first kappa shape index (κ1) is 20.9. The summed E-state index contributed by atoms with van der Waals surface area (Å²) in [7, 11) is 0. The number of hydrogen-bond acceptors (Lipinski definition) is 8. The SMILES string of the molecule is Cc1nc(NCC(F)(F)F)cc(Oc2cc(C#N)ccc2-c2ncc(CN)cn2)n1. The van der Waals surface area contributed by atoms with Crippen molar-refractivity contribution in [3.8, 4) is 29.1 Å². The van der Waals surface area contributed by atoms with Crippen LogP contribution in [0.4, 0.5) is 19.0 Å². The zero-order chi connectivity index (χ0) is 21.7. The van der Waals surface area contributed by atoms with E-state index in [-0.39, 0.29) is 29.8 Å². The van der Waals surface area contributed by atoms with Gasteiger partial charge in [0.1, 0.15) is 23.9 Å². The number of anilines is 1. The number of aryl methyl sites for hydroxylation is 1.